The normalized spacial score (nSPS) is 18.8. The van der Waals surface area contributed by atoms with E-state index in [-0.39, 0.29) is 5.54 Å². The highest BCUT2D eigenvalue weighted by atomic mass is 16.5. The zero-order valence-electron chi connectivity index (χ0n) is 10.1. The maximum Gasteiger partial charge on any atom is 0.228 e. The Labute approximate surface area is 96.0 Å². The van der Waals surface area contributed by atoms with Gasteiger partial charge >= 0.3 is 0 Å². The first-order valence-electron chi connectivity index (χ1n) is 5.82. The van der Waals surface area contributed by atoms with Crippen molar-refractivity contribution in [3.63, 3.8) is 0 Å². The van der Waals surface area contributed by atoms with E-state index in [4.69, 9.17) is 10.3 Å². The molecular formula is C11H20N4O. The maximum atomic E-state index is 6.13. The molecule has 0 saturated heterocycles. The van der Waals surface area contributed by atoms with Crippen LogP contribution in [0.15, 0.2) is 4.52 Å². The van der Waals surface area contributed by atoms with Gasteiger partial charge in [0.25, 0.3) is 0 Å². The quantitative estimate of drug-likeness (QED) is 0.793. The van der Waals surface area contributed by atoms with Crippen molar-refractivity contribution in [2.24, 2.45) is 5.73 Å². The van der Waals surface area contributed by atoms with E-state index in [0.717, 1.165) is 38.1 Å². The molecule has 1 aromatic heterocycles. The summed E-state index contributed by atoms with van der Waals surface area (Å²) in [4.78, 5) is 6.47. The lowest BCUT2D eigenvalue weighted by Gasteiger charge is -2.36. The van der Waals surface area contributed by atoms with Crippen LogP contribution in [0, 0.1) is 0 Å². The van der Waals surface area contributed by atoms with Crippen LogP contribution in [0.25, 0.3) is 0 Å². The highest BCUT2D eigenvalue weighted by Gasteiger charge is 2.34. The van der Waals surface area contributed by atoms with Crippen molar-refractivity contribution in [2.45, 2.75) is 37.6 Å². The van der Waals surface area contributed by atoms with Crippen LogP contribution in [0.5, 0.6) is 0 Å². The van der Waals surface area contributed by atoms with Crippen LogP contribution < -0.4 is 5.73 Å². The topological polar surface area (TPSA) is 68.2 Å². The number of nitrogens with zero attached hydrogens (tertiary/aromatic N) is 3. The molecule has 1 aliphatic rings. The zero-order chi connectivity index (χ0) is 11.6. The largest absolute Gasteiger partial charge is 0.339 e. The highest BCUT2D eigenvalue weighted by molar-refractivity contribution is 5.00. The number of likely N-dealkylation sites (N-methyl/N-ethyl adjacent to an activating group) is 1. The maximum absolute atomic E-state index is 6.13. The molecule has 1 heterocycles. The average Bonchev–Trinajstić information content (AvgIpc) is 2.60. The molecule has 0 aromatic carbocycles. The molecule has 1 aliphatic carbocycles. The van der Waals surface area contributed by atoms with E-state index in [9.17, 15) is 0 Å². The molecule has 0 atom stereocenters. The minimum atomic E-state index is -0.0780. The van der Waals surface area contributed by atoms with Gasteiger partial charge in [0.1, 0.15) is 0 Å². The van der Waals surface area contributed by atoms with Gasteiger partial charge < -0.3 is 15.2 Å². The van der Waals surface area contributed by atoms with Crippen LogP contribution in [-0.4, -0.2) is 41.2 Å². The van der Waals surface area contributed by atoms with Crippen molar-refractivity contribution in [3.05, 3.63) is 11.7 Å². The summed E-state index contributed by atoms with van der Waals surface area (Å²) in [6.07, 6.45) is 4.92. The second-order valence-electron chi connectivity index (χ2n) is 5.05. The predicted octanol–water partition coefficient (Wildman–Crippen LogP) is 0.598. The van der Waals surface area contributed by atoms with E-state index in [2.05, 4.69) is 15.0 Å². The third-order valence-corrected chi connectivity index (χ3v) is 3.15. The van der Waals surface area contributed by atoms with E-state index >= 15 is 0 Å². The molecule has 5 nitrogen and oxygen atoms in total. The molecule has 0 aliphatic heterocycles. The SMILES string of the molecule is CN(C)CCc1noc(CC2(N)CCC2)n1. The zero-order valence-corrected chi connectivity index (χ0v) is 10.1. The van der Waals surface area contributed by atoms with E-state index in [0.29, 0.717) is 5.89 Å². The fraction of sp³-hybridized carbons (Fsp3) is 0.818. The standard InChI is InChI=1S/C11H20N4O/c1-15(2)7-4-9-13-10(16-14-9)8-11(12)5-3-6-11/h3-8,12H2,1-2H3. The number of nitrogens with two attached hydrogens (primary N) is 1. The smallest absolute Gasteiger partial charge is 0.228 e. The number of rotatable bonds is 5. The molecular weight excluding hydrogens is 204 g/mol. The summed E-state index contributed by atoms with van der Waals surface area (Å²) >= 11 is 0. The van der Waals surface area contributed by atoms with Gasteiger partial charge in [-0.1, -0.05) is 5.16 Å². The number of hydrogen-bond acceptors (Lipinski definition) is 5. The lowest BCUT2D eigenvalue weighted by Crippen LogP contribution is -2.48. The first kappa shape index (κ1) is 11.5. The van der Waals surface area contributed by atoms with E-state index in [1.165, 1.54) is 6.42 Å². The second kappa shape index (κ2) is 4.51. The Morgan fingerprint density at radius 1 is 1.44 bits per heavy atom. The molecule has 0 unspecified atom stereocenters. The molecule has 1 aromatic rings. The molecule has 2 rings (SSSR count). The Morgan fingerprint density at radius 3 is 2.75 bits per heavy atom. The van der Waals surface area contributed by atoms with Gasteiger partial charge in [-0.05, 0) is 33.4 Å². The Kier molecular flexibility index (Phi) is 3.25. The lowest BCUT2D eigenvalue weighted by molar-refractivity contribution is 0.221. The second-order valence-corrected chi connectivity index (χ2v) is 5.05. The van der Waals surface area contributed by atoms with Gasteiger partial charge in [0, 0.05) is 24.9 Å². The first-order chi connectivity index (χ1) is 7.57. The molecule has 0 bridgehead atoms. The van der Waals surface area contributed by atoms with Gasteiger partial charge in [0.05, 0.1) is 0 Å². The first-order valence-corrected chi connectivity index (χ1v) is 5.82. The third kappa shape index (κ3) is 2.80. The van der Waals surface area contributed by atoms with Gasteiger partial charge in [-0.25, -0.2) is 0 Å². The van der Waals surface area contributed by atoms with Crippen molar-refractivity contribution < 1.29 is 4.52 Å². The van der Waals surface area contributed by atoms with Crippen LogP contribution in [-0.2, 0) is 12.8 Å². The van der Waals surface area contributed by atoms with Crippen LogP contribution >= 0.6 is 0 Å². The molecule has 0 amide bonds. The van der Waals surface area contributed by atoms with Crippen molar-refractivity contribution in [3.8, 4) is 0 Å². The van der Waals surface area contributed by atoms with Crippen LogP contribution in [0.1, 0.15) is 31.0 Å². The number of aromatic nitrogens is 2. The summed E-state index contributed by atoms with van der Waals surface area (Å²) < 4.78 is 5.21. The van der Waals surface area contributed by atoms with Gasteiger partial charge in [0.2, 0.25) is 5.89 Å². The molecule has 1 fully saturated rings. The van der Waals surface area contributed by atoms with E-state index in [1.54, 1.807) is 0 Å². The molecule has 90 valence electrons. The summed E-state index contributed by atoms with van der Waals surface area (Å²) in [5, 5.41) is 3.96. The summed E-state index contributed by atoms with van der Waals surface area (Å²) in [7, 11) is 4.06. The van der Waals surface area contributed by atoms with E-state index in [1.807, 2.05) is 14.1 Å². The molecule has 1 saturated carbocycles. The molecule has 0 radical (unpaired) electrons. The Bertz CT molecular complexity index is 344. The number of hydrogen-bond donors (Lipinski definition) is 1. The van der Waals surface area contributed by atoms with Crippen LogP contribution in [0.4, 0.5) is 0 Å². The minimum absolute atomic E-state index is 0.0780. The summed E-state index contributed by atoms with van der Waals surface area (Å²) in [5.74, 6) is 1.47. The third-order valence-electron chi connectivity index (χ3n) is 3.15. The minimum Gasteiger partial charge on any atom is -0.339 e. The fourth-order valence-corrected chi connectivity index (χ4v) is 1.90. The molecule has 2 N–H and O–H groups in total. The Hall–Kier alpha value is -0.940. The van der Waals surface area contributed by atoms with Crippen LogP contribution in [0.2, 0.25) is 0 Å². The monoisotopic (exact) mass is 224 g/mol. The molecule has 0 spiro atoms. The Balaban J connectivity index is 1.87. The molecule has 16 heavy (non-hydrogen) atoms. The van der Waals surface area contributed by atoms with Crippen LogP contribution in [0.3, 0.4) is 0 Å². The average molecular weight is 224 g/mol. The van der Waals surface area contributed by atoms with Gasteiger partial charge in [0.15, 0.2) is 5.82 Å². The van der Waals surface area contributed by atoms with Crippen molar-refractivity contribution >= 4 is 0 Å². The molecule has 5 heteroatoms. The van der Waals surface area contributed by atoms with E-state index < -0.39 is 0 Å². The predicted molar refractivity (Wildman–Crippen MR) is 61.0 cm³/mol. The van der Waals surface area contributed by atoms with Gasteiger partial charge in [-0.3, -0.25) is 0 Å². The van der Waals surface area contributed by atoms with Crippen molar-refractivity contribution in [1.82, 2.24) is 15.0 Å². The lowest BCUT2D eigenvalue weighted by atomic mass is 9.75. The summed E-state index contributed by atoms with van der Waals surface area (Å²) in [6, 6.07) is 0. The highest BCUT2D eigenvalue weighted by Crippen LogP contribution is 2.31. The summed E-state index contributed by atoms with van der Waals surface area (Å²) in [6.45, 7) is 0.937. The Morgan fingerprint density at radius 2 is 2.19 bits per heavy atom. The fourth-order valence-electron chi connectivity index (χ4n) is 1.90. The van der Waals surface area contributed by atoms with Gasteiger partial charge in [-0.2, -0.15) is 4.98 Å². The van der Waals surface area contributed by atoms with Crippen molar-refractivity contribution in [1.29, 1.82) is 0 Å². The van der Waals surface area contributed by atoms with Gasteiger partial charge in [-0.15, -0.1) is 0 Å². The van der Waals surface area contributed by atoms with Crippen molar-refractivity contribution in [2.75, 3.05) is 20.6 Å². The summed E-state index contributed by atoms with van der Waals surface area (Å²) in [5.41, 5.74) is 6.05.